The van der Waals surface area contributed by atoms with E-state index in [0.29, 0.717) is 5.56 Å². The fraction of sp³-hybridized carbons (Fsp3) is 0.222. The lowest BCUT2D eigenvalue weighted by Crippen LogP contribution is -1.90. The van der Waals surface area contributed by atoms with Gasteiger partial charge >= 0.3 is 0 Å². The molecule has 1 rings (SSSR count). The molecule has 0 heterocycles. The summed E-state index contributed by atoms with van der Waals surface area (Å²) in [4.78, 5) is 10.7. The zero-order valence-corrected chi connectivity index (χ0v) is 7.24. The summed E-state index contributed by atoms with van der Waals surface area (Å²) in [5.41, 5.74) is 4.88. The van der Waals surface area contributed by atoms with Gasteiger partial charge in [0.25, 0.3) is 0 Å². The molecule has 3 nitrogen and oxygen atoms in total. The van der Waals surface area contributed by atoms with Gasteiger partial charge in [0.05, 0.1) is 5.56 Å². The van der Waals surface area contributed by atoms with Gasteiger partial charge < -0.3 is 10.8 Å². The Hall–Kier alpha value is -1.35. The van der Waals surface area contributed by atoms with E-state index in [0.717, 1.165) is 0 Å². The number of para-hydroxylation sites is 1. The van der Waals surface area contributed by atoms with Gasteiger partial charge in [-0.3, -0.25) is 4.79 Å². The lowest BCUT2D eigenvalue weighted by molar-refractivity contribution is 0.101. The number of carbonyl (C=O) groups excluding carboxylic acids is 1. The predicted molar refractivity (Wildman–Crippen MR) is 48.2 cm³/mol. The highest BCUT2D eigenvalue weighted by Gasteiger charge is 2.02. The Balaban J connectivity index is 0.000000561. The van der Waals surface area contributed by atoms with E-state index in [-0.39, 0.29) is 11.5 Å². The third kappa shape index (κ3) is 2.72. The Morgan fingerprint density at radius 1 is 1.33 bits per heavy atom. The maximum absolute atomic E-state index is 10.7. The number of phenolic OH excluding ortho intramolecular Hbond substituents is 1. The standard InChI is InChI=1S/C8H8O2.CH5N/c1-6(9)7-4-2-3-5-8(7)10;1-2/h2-5,10H,1H3;2H2,1H3. The summed E-state index contributed by atoms with van der Waals surface area (Å²) in [6, 6.07) is 6.49. The Bertz CT molecular complexity index is 258. The van der Waals surface area contributed by atoms with Crippen LogP contribution in [0.15, 0.2) is 24.3 Å². The Morgan fingerprint density at radius 2 is 1.83 bits per heavy atom. The molecule has 0 aromatic heterocycles. The fourth-order valence-corrected chi connectivity index (χ4v) is 0.771. The van der Waals surface area contributed by atoms with Crippen LogP contribution >= 0.6 is 0 Å². The van der Waals surface area contributed by atoms with E-state index in [1.807, 2.05) is 0 Å². The molecule has 0 aliphatic carbocycles. The number of Topliss-reactive ketones (excluding diaryl/α,β-unsaturated/α-hetero) is 1. The second-order valence-electron chi connectivity index (χ2n) is 2.07. The van der Waals surface area contributed by atoms with Gasteiger partial charge in [-0.2, -0.15) is 0 Å². The number of phenols is 1. The van der Waals surface area contributed by atoms with Crippen LogP contribution in [0, 0.1) is 0 Å². The van der Waals surface area contributed by atoms with Crippen LogP contribution in [0.5, 0.6) is 5.75 Å². The van der Waals surface area contributed by atoms with Gasteiger partial charge in [0.15, 0.2) is 5.78 Å². The molecule has 0 bridgehead atoms. The number of aromatic hydroxyl groups is 1. The summed E-state index contributed by atoms with van der Waals surface area (Å²) < 4.78 is 0. The van der Waals surface area contributed by atoms with Gasteiger partial charge in [-0.25, -0.2) is 0 Å². The third-order valence-electron chi connectivity index (χ3n) is 1.28. The molecule has 0 unspecified atom stereocenters. The minimum Gasteiger partial charge on any atom is -0.507 e. The van der Waals surface area contributed by atoms with E-state index >= 15 is 0 Å². The number of carbonyl (C=O) groups is 1. The van der Waals surface area contributed by atoms with Crippen LogP contribution in [-0.2, 0) is 0 Å². The van der Waals surface area contributed by atoms with Crippen LogP contribution in [0.4, 0.5) is 0 Å². The molecule has 12 heavy (non-hydrogen) atoms. The largest absolute Gasteiger partial charge is 0.507 e. The lowest BCUT2D eigenvalue weighted by Gasteiger charge is -1.96. The maximum Gasteiger partial charge on any atom is 0.163 e. The van der Waals surface area contributed by atoms with Crippen molar-refractivity contribution in [1.82, 2.24) is 0 Å². The predicted octanol–water partition coefficient (Wildman–Crippen LogP) is 1.17. The third-order valence-corrected chi connectivity index (χ3v) is 1.28. The Labute approximate surface area is 71.8 Å². The maximum atomic E-state index is 10.7. The molecular weight excluding hydrogens is 154 g/mol. The van der Waals surface area contributed by atoms with Crippen LogP contribution < -0.4 is 5.73 Å². The molecule has 66 valence electrons. The quantitative estimate of drug-likeness (QED) is 0.617. The summed E-state index contributed by atoms with van der Waals surface area (Å²) in [5, 5.41) is 9.06. The van der Waals surface area contributed by atoms with Crippen LogP contribution in [0.1, 0.15) is 17.3 Å². The normalized spacial score (nSPS) is 8.25. The first kappa shape index (κ1) is 10.7. The van der Waals surface area contributed by atoms with Crippen molar-refractivity contribution < 1.29 is 9.90 Å². The van der Waals surface area contributed by atoms with E-state index in [1.54, 1.807) is 18.2 Å². The summed E-state index contributed by atoms with van der Waals surface area (Å²) in [6.45, 7) is 1.43. The van der Waals surface area contributed by atoms with Crippen molar-refractivity contribution in [3.8, 4) is 5.75 Å². The summed E-state index contributed by atoms with van der Waals surface area (Å²) >= 11 is 0. The molecule has 3 N–H and O–H groups in total. The second kappa shape index (κ2) is 5.32. The number of nitrogens with two attached hydrogens (primary N) is 1. The first-order chi connectivity index (χ1) is 5.72. The summed E-state index contributed by atoms with van der Waals surface area (Å²) in [5.74, 6) is -0.0619. The van der Waals surface area contributed by atoms with Crippen molar-refractivity contribution in [3.05, 3.63) is 29.8 Å². The minimum absolute atomic E-state index is 0.0509. The molecule has 0 saturated heterocycles. The van der Waals surface area contributed by atoms with Crippen molar-refractivity contribution in [2.75, 3.05) is 7.05 Å². The topological polar surface area (TPSA) is 63.3 Å². The first-order valence-corrected chi connectivity index (χ1v) is 3.58. The molecule has 1 aromatic rings. The van der Waals surface area contributed by atoms with Crippen molar-refractivity contribution in [1.29, 1.82) is 0 Å². The molecule has 0 aliphatic heterocycles. The monoisotopic (exact) mass is 167 g/mol. The average Bonchev–Trinajstić information content (AvgIpc) is 2.08. The molecule has 0 saturated carbocycles. The second-order valence-corrected chi connectivity index (χ2v) is 2.07. The molecule has 0 radical (unpaired) electrons. The average molecular weight is 167 g/mol. The van der Waals surface area contributed by atoms with Gasteiger partial charge in [-0.1, -0.05) is 12.1 Å². The van der Waals surface area contributed by atoms with Crippen molar-refractivity contribution in [2.24, 2.45) is 5.73 Å². The first-order valence-electron chi connectivity index (χ1n) is 3.58. The molecule has 1 aromatic carbocycles. The zero-order valence-electron chi connectivity index (χ0n) is 7.24. The van der Waals surface area contributed by atoms with E-state index in [4.69, 9.17) is 5.11 Å². The van der Waals surface area contributed by atoms with E-state index in [1.165, 1.54) is 20.0 Å². The fourth-order valence-electron chi connectivity index (χ4n) is 0.771. The molecule has 0 spiro atoms. The van der Waals surface area contributed by atoms with Crippen LogP contribution in [0.25, 0.3) is 0 Å². The molecule has 0 amide bonds. The lowest BCUT2D eigenvalue weighted by atomic mass is 10.1. The SMILES string of the molecule is CC(=O)c1ccccc1O.CN. The number of benzene rings is 1. The number of rotatable bonds is 1. The highest BCUT2D eigenvalue weighted by Crippen LogP contribution is 2.15. The van der Waals surface area contributed by atoms with E-state index < -0.39 is 0 Å². The molecular formula is C9H13NO2. The van der Waals surface area contributed by atoms with Gasteiger partial charge in [0.1, 0.15) is 5.75 Å². The van der Waals surface area contributed by atoms with E-state index in [9.17, 15) is 4.79 Å². The zero-order chi connectivity index (χ0) is 9.56. The van der Waals surface area contributed by atoms with Crippen molar-refractivity contribution in [3.63, 3.8) is 0 Å². The summed E-state index contributed by atoms with van der Waals surface area (Å²) in [6.07, 6.45) is 0. The highest BCUT2D eigenvalue weighted by molar-refractivity contribution is 5.96. The van der Waals surface area contributed by atoms with Crippen LogP contribution in [0.2, 0.25) is 0 Å². The number of ketones is 1. The molecule has 0 fully saturated rings. The van der Waals surface area contributed by atoms with Crippen molar-refractivity contribution in [2.45, 2.75) is 6.92 Å². The van der Waals surface area contributed by atoms with E-state index in [2.05, 4.69) is 5.73 Å². The molecule has 0 atom stereocenters. The Kier molecular flexibility index (Phi) is 4.72. The van der Waals surface area contributed by atoms with Gasteiger partial charge in [0, 0.05) is 0 Å². The van der Waals surface area contributed by atoms with Crippen molar-refractivity contribution >= 4 is 5.78 Å². The van der Waals surface area contributed by atoms with Crippen LogP contribution in [-0.4, -0.2) is 17.9 Å². The smallest absolute Gasteiger partial charge is 0.163 e. The molecule has 0 aliphatic rings. The van der Waals surface area contributed by atoms with Gasteiger partial charge in [-0.15, -0.1) is 0 Å². The summed E-state index contributed by atoms with van der Waals surface area (Å²) in [7, 11) is 1.50. The van der Waals surface area contributed by atoms with Crippen LogP contribution in [0.3, 0.4) is 0 Å². The molecule has 3 heteroatoms. The number of hydrogen-bond acceptors (Lipinski definition) is 3. The van der Waals surface area contributed by atoms with Gasteiger partial charge in [0.2, 0.25) is 0 Å². The van der Waals surface area contributed by atoms with Gasteiger partial charge in [-0.05, 0) is 26.1 Å². The highest BCUT2D eigenvalue weighted by atomic mass is 16.3. The Morgan fingerprint density at radius 3 is 2.17 bits per heavy atom. The number of hydrogen-bond donors (Lipinski definition) is 2. The minimum atomic E-state index is -0.113.